The predicted octanol–water partition coefficient (Wildman–Crippen LogP) is 4.44. The molecule has 0 spiro atoms. The fourth-order valence-corrected chi connectivity index (χ4v) is 4.56. The molecule has 0 aliphatic heterocycles. The second-order valence-electron chi connectivity index (χ2n) is 8.65. The molecular weight excluding hydrogens is 372 g/mol. The number of aryl methyl sites for hydroxylation is 1. The maximum atomic E-state index is 12.9. The summed E-state index contributed by atoms with van der Waals surface area (Å²) in [6, 6.07) is 18.8. The van der Waals surface area contributed by atoms with E-state index in [0.29, 0.717) is 19.5 Å². The van der Waals surface area contributed by atoms with Gasteiger partial charge in [-0.3, -0.25) is 9.59 Å². The van der Waals surface area contributed by atoms with E-state index in [9.17, 15) is 9.59 Å². The van der Waals surface area contributed by atoms with E-state index >= 15 is 0 Å². The van der Waals surface area contributed by atoms with E-state index in [1.54, 1.807) is 0 Å². The topological polar surface area (TPSA) is 49.4 Å². The summed E-state index contributed by atoms with van der Waals surface area (Å²) in [6.45, 7) is 1.18. The summed E-state index contributed by atoms with van der Waals surface area (Å²) in [4.78, 5) is 27.6. The molecule has 4 nitrogen and oxygen atoms in total. The Morgan fingerprint density at radius 3 is 2.43 bits per heavy atom. The summed E-state index contributed by atoms with van der Waals surface area (Å²) in [7, 11) is 0. The zero-order valence-electron chi connectivity index (χ0n) is 17.7. The van der Waals surface area contributed by atoms with Gasteiger partial charge in [-0.1, -0.05) is 61.0 Å². The second kappa shape index (κ2) is 9.92. The number of hydrogen-bond donors (Lipinski definition) is 1. The lowest BCUT2D eigenvalue weighted by Gasteiger charge is -2.32. The van der Waals surface area contributed by atoms with Gasteiger partial charge in [-0.2, -0.15) is 0 Å². The normalized spacial score (nSPS) is 18.2. The first kappa shape index (κ1) is 20.6. The standard InChI is InChI=1S/C26H32N2O2/c29-25(27-24-15-7-11-21-10-4-5-14-23(21)24)17-19-28(26(30)22-12-6-13-22)18-16-20-8-2-1-3-9-20/h1-5,8-10,14,22,24H,6-7,11-13,15-19H2,(H,27,29). The summed E-state index contributed by atoms with van der Waals surface area (Å²) in [5.74, 6) is 0.435. The first-order valence-electron chi connectivity index (χ1n) is 11.4. The van der Waals surface area contributed by atoms with Gasteiger partial charge in [0.05, 0.1) is 6.04 Å². The van der Waals surface area contributed by atoms with Gasteiger partial charge in [0.1, 0.15) is 0 Å². The fraction of sp³-hybridized carbons (Fsp3) is 0.462. The maximum Gasteiger partial charge on any atom is 0.225 e. The van der Waals surface area contributed by atoms with Crippen molar-refractivity contribution in [3.63, 3.8) is 0 Å². The minimum atomic E-state index is 0.0443. The van der Waals surface area contributed by atoms with Crippen molar-refractivity contribution in [1.29, 1.82) is 0 Å². The van der Waals surface area contributed by atoms with Crippen LogP contribution in [0, 0.1) is 5.92 Å². The first-order valence-corrected chi connectivity index (χ1v) is 11.4. The molecule has 0 saturated heterocycles. The lowest BCUT2D eigenvalue weighted by molar-refractivity contribution is -0.138. The third-order valence-corrected chi connectivity index (χ3v) is 6.59. The molecule has 0 bridgehead atoms. The van der Waals surface area contributed by atoms with Crippen LogP contribution in [0.3, 0.4) is 0 Å². The van der Waals surface area contributed by atoms with Crippen LogP contribution in [0.15, 0.2) is 54.6 Å². The number of amides is 2. The summed E-state index contributed by atoms with van der Waals surface area (Å²) < 4.78 is 0. The number of fused-ring (bicyclic) bond motifs is 1. The van der Waals surface area contributed by atoms with Crippen molar-refractivity contribution in [2.24, 2.45) is 5.92 Å². The monoisotopic (exact) mass is 404 g/mol. The van der Waals surface area contributed by atoms with E-state index in [4.69, 9.17) is 0 Å². The molecule has 4 heteroatoms. The zero-order chi connectivity index (χ0) is 20.8. The molecular formula is C26H32N2O2. The van der Waals surface area contributed by atoms with Gasteiger partial charge in [0.25, 0.3) is 0 Å². The van der Waals surface area contributed by atoms with Crippen LogP contribution in [0.25, 0.3) is 0 Å². The quantitative estimate of drug-likeness (QED) is 0.707. The minimum absolute atomic E-state index is 0.0443. The molecule has 2 aromatic rings. The van der Waals surface area contributed by atoms with E-state index < -0.39 is 0 Å². The highest BCUT2D eigenvalue weighted by atomic mass is 16.2. The number of benzene rings is 2. The van der Waals surface area contributed by atoms with Gasteiger partial charge in [-0.25, -0.2) is 0 Å². The van der Waals surface area contributed by atoms with Crippen LogP contribution in [-0.4, -0.2) is 29.8 Å². The summed E-state index contributed by atoms with van der Waals surface area (Å²) in [5.41, 5.74) is 3.83. The Morgan fingerprint density at radius 1 is 0.900 bits per heavy atom. The molecule has 30 heavy (non-hydrogen) atoms. The minimum Gasteiger partial charge on any atom is -0.349 e. The third-order valence-electron chi connectivity index (χ3n) is 6.59. The van der Waals surface area contributed by atoms with Gasteiger partial charge in [0, 0.05) is 25.4 Å². The van der Waals surface area contributed by atoms with Crippen molar-refractivity contribution < 1.29 is 9.59 Å². The summed E-state index contributed by atoms with van der Waals surface area (Å²) in [6.07, 6.45) is 7.50. The summed E-state index contributed by atoms with van der Waals surface area (Å²) in [5, 5.41) is 3.22. The number of carbonyl (C=O) groups is 2. The molecule has 2 amide bonds. The molecule has 0 aromatic heterocycles. The molecule has 1 N–H and O–H groups in total. The zero-order valence-corrected chi connectivity index (χ0v) is 17.7. The average Bonchev–Trinajstić information content (AvgIpc) is 2.73. The molecule has 1 atom stereocenters. The molecule has 2 aliphatic rings. The lowest BCUT2D eigenvalue weighted by Crippen LogP contribution is -2.42. The SMILES string of the molecule is O=C(CCN(CCc1ccccc1)C(=O)C1CCC1)NC1CCCc2ccccc21. The molecule has 1 fully saturated rings. The molecule has 4 rings (SSSR count). The molecule has 1 saturated carbocycles. The van der Waals surface area contributed by atoms with Gasteiger partial charge >= 0.3 is 0 Å². The number of rotatable bonds is 8. The van der Waals surface area contributed by atoms with E-state index in [-0.39, 0.29) is 23.8 Å². The van der Waals surface area contributed by atoms with Crippen LogP contribution in [0.1, 0.15) is 61.3 Å². The first-order chi connectivity index (χ1) is 14.7. The van der Waals surface area contributed by atoms with Crippen molar-refractivity contribution >= 4 is 11.8 Å². The van der Waals surface area contributed by atoms with E-state index in [2.05, 4.69) is 35.6 Å². The molecule has 2 aliphatic carbocycles. The summed E-state index contributed by atoms with van der Waals surface area (Å²) >= 11 is 0. The molecule has 158 valence electrons. The van der Waals surface area contributed by atoms with Gasteiger partial charge < -0.3 is 10.2 Å². The van der Waals surface area contributed by atoms with Crippen molar-refractivity contribution in [3.8, 4) is 0 Å². The maximum absolute atomic E-state index is 12.9. The molecule has 0 heterocycles. The predicted molar refractivity (Wildman–Crippen MR) is 119 cm³/mol. The number of nitrogens with zero attached hydrogens (tertiary/aromatic N) is 1. The van der Waals surface area contributed by atoms with Gasteiger partial charge in [0.15, 0.2) is 0 Å². The number of carbonyl (C=O) groups excluding carboxylic acids is 2. The Morgan fingerprint density at radius 2 is 1.67 bits per heavy atom. The highest BCUT2D eigenvalue weighted by Crippen LogP contribution is 2.30. The van der Waals surface area contributed by atoms with E-state index in [1.807, 2.05) is 29.2 Å². The second-order valence-corrected chi connectivity index (χ2v) is 8.65. The lowest BCUT2D eigenvalue weighted by atomic mass is 9.84. The van der Waals surface area contributed by atoms with Gasteiger partial charge in [-0.05, 0) is 55.2 Å². The van der Waals surface area contributed by atoms with Crippen molar-refractivity contribution in [1.82, 2.24) is 10.2 Å². The Labute approximate surface area is 179 Å². The molecule has 2 aromatic carbocycles. The van der Waals surface area contributed by atoms with Crippen LogP contribution in [0.2, 0.25) is 0 Å². The number of nitrogens with one attached hydrogen (secondary N) is 1. The Hall–Kier alpha value is -2.62. The Bertz CT molecular complexity index is 860. The number of hydrogen-bond acceptors (Lipinski definition) is 2. The van der Waals surface area contributed by atoms with Crippen LogP contribution in [0.4, 0.5) is 0 Å². The van der Waals surface area contributed by atoms with Gasteiger partial charge in [0.2, 0.25) is 11.8 Å². The van der Waals surface area contributed by atoms with Crippen LogP contribution >= 0.6 is 0 Å². The molecule has 1 unspecified atom stereocenters. The smallest absolute Gasteiger partial charge is 0.225 e. The largest absolute Gasteiger partial charge is 0.349 e. The Balaban J connectivity index is 1.33. The third kappa shape index (κ3) is 5.10. The van der Waals surface area contributed by atoms with Crippen molar-refractivity contribution in [2.45, 2.75) is 57.4 Å². The van der Waals surface area contributed by atoms with Crippen LogP contribution in [0.5, 0.6) is 0 Å². The van der Waals surface area contributed by atoms with Gasteiger partial charge in [-0.15, -0.1) is 0 Å². The average molecular weight is 405 g/mol. The van der Waals surface area contributed by atoms with E-state index in [0.717, 1.165) is 44.9 Å². The van der Waals surface area contributed by atoms with Crippen LogP contribution in [-0.2, 0) is 22.4 Å². The molecule has 0 radical (unpaired) electrons. The highest BCUT2D eigenvalue weighted by molar-refractivity contribution is 5.81. The van der Waals surface area contributed by atoms with E-state index in [1.165, 1.54) is 16.7 Å². The fourth-order valence-electron chi connectivity index (χ4n) is 4.56. The van der Waals surface area contributed by atoms with Crippen LogP contribution < -0.4 is 5.32 Å². The Kier molecular flexibility index (Phi) is 6.83. The van der Waals surface area contributed by atoms with Crippen molar-refractivity contribution in [3.05, 3.63) is 71.3 Å². The highest BCUT2D eigenvalue weighted by Gasteiger charge is 2.29. The van der Waals surface area contributed by atoms with Crippen molar-refractivity contribution in [2.75, 3.05) is 13.1 Å².